The number of hydrogen-bond donors (Lipinski definition) is 3. The van der Waals surface area contributed by atoms with E-state index in [-0.39, 0.29) is 25.5 Å². The Kier molecular flexibility index (Phi) is 40.7. The Morgan fingerprint density at radius 1 is 0.576 bits per heavy atom. The number of unbranched alkanes of at least 4 members (excludes halogenated alkanes) is 25. The van der Waals surface area contributed by atoms with Crippen molar-refractivity contribution < 1.29 is 32.9 Å². The Labute approximate surface area is 365 Å². The van der Waals surface area contributed by atoms with Crippen LogP contribution in [0.4, 0.5) is 0 Å². The lowest BCUT2D eigenvalue weighted by Crippen LogP contribution is -2.45. The lowest BCUT2D eigenvalue weighted by atomic mass is 10.0. The molecule has 9 heteroatoms. The maximum Gasteiger partial charge on any atom is 0.472 e. The number of aliphatic hydroxyl groups is 1. The third-order valence-electron chi connectivity index (χ3n) is 10.8. The third kappa shape index (κ3) is 44.3. The van der Waals surface area contributed by atoms with Crippen molar-refractivity contribution in [1.82, 2.24) is 5.32 Å². The van der Waals surface area contributed by atoms with Crippen LogP contribution >= 0.6 is 7.82 Å². The van der Waals surface area contributed by atoms with E-state index in [9.17, 15) is 19.4 Å². The number of quaternary nitrogens is 1. The molecule has 1 amide bonds. The average Bonchev–Trinajstić information content (AvgIpc) is 3.19. The Balaban J connectivity index is 4.38. The van der Waals surface area contributed by atoms with Gasteiger partial charge in [-0.3, -0.25) is 13.8 Å². The van der Waals surface area contributed by atoms with Gasteiger partial charge in [0.1, 0.15) is 13.2 Å². The van der Waals surface area contributed by atoms with Crippen LogP contribution in [0.2, 0.25) is 0 Å². The summed E-state index contributed by atoms with van der Waals surface area (Å²) in [5.41, 5.74) is 0. The second kappa shape index (κ2) is 41.8. The van der Waals surface area contributed by atoms with Crippen molar-refractivity contribution in [2.45, 2.75) is 225 Å². The van der Waals surface area contributed by atoms with Gasteiger partial charge in [-0.1, -0.05) is 204 Å². The summed E-state index contributed by atoms with van der Waals surface area (Å²) in [6.07, 6.45) is 53.6. The van der Waals surface area contributed by atoms with Gasteiger partial charge in [-0.25, -0.2) is 4.57 Å². The van der Waals surface area contributed by atoms with Crippen LogP contribution < -0.4 is 5.32 Å². The maximum atomic E-state index is 12.8. The van der Waals surface area contributed by atoms with E-state index in [4.69, 9.17) is 9.05 Å². The fraction of sp³-hybridized carbons (Fsp3) is 0.820. The first-order valence-corrected chi connectivity index (χ1v) is 26.0. The number of phosphoric ester groups is 1. The molecule has 0 bridgehead atoms. The second-order valence-corrected chi connectivity index (χ2v) is 19.3. The first kappa shape index (κ1) is 57.5. The molecule has 3 N–H and O–H groups in total. The normalized spacial score (nSPS) is 14.6. The number of amides is 1. The summed E-state index contributed by atoms with van der Waals surface area (Å²) in [7, 11) is 1.52. The molecule has 0 saturated carbocycles. The van der Waals surface area contributed by atoms with Gasteiger partial charge in [0.25, 0.3) is 0 Å². The van der Waals surface area contributed by atoms with Gasteiger partial charge in [-0.05, 0) is 51.4 Å². The number of rotatable bonds is 44. The van der Waals surface area contributed by atoms with Crippen molar-refractivity contribution in [3.63, 3.8) is 0 Å². The zero-order valence-electron chi connectivity index (χ0n) is 39.2. The topological polar surface area (TPSA) is 105 Å². The smallest absolute Gasteiger partial charge is 0.387 e. The highest BCUT2D eigenvalue weighted by Crippen LogP contribution is 2.43. The summed E-state index contributed by atoms with van der Waals surface area (Å²) in [6, 6.07) is -0.893. The molecular weight excluding hydrogens is 756 g/mol. The molecule has 0 rings (SSSR count). The summed E-state index contributed by atoms with van der Waals surface area (Å²) in [5, 5.41) is 13.8. The van der Waals surface area contributed by atoms with Crippen molar-refractivity contribution in [3.05, 3.63) is 48.6 Å². The maximum absolute atomic E-state index is 12.8. The third-order valence-corrected chi connectivity index (χ3v) is 11.8. The molecule has 0 heterocycles. The lowest BCUT2D eigenvalue weighted by Gasteiger charge is -2.25. The monoisotopic (exact) mass is 852 g/mol. The summed E-state index contributed by atoms with van der Waals surface area (Å²) < 4.78 is 23.5. The Hall–Kier alpha value is -1.54. The zero-order valence-corrected chi connectivity index (χ0v) is 40.1. The Morgan fingerprint density at radius 3 is 1.46 bits per heavy atom. The number of carbonyl (C=O) groups excluding carboxylic acids is 1. The van der Waals surface area contributed by atoms with Crippen molar-refractivity contribution in [2.75, 3.05) is 40.9 Å². The van der Waals surface area contributed by atoms with E-state index in [1.54, 1.807) is 6.08 Å². The molecule has 3 unspecified atom stereocenters. The summed E-state index contributed by atoms with van der Waals surface area (Å²) in [4.78, 5) is 23.1. The number of carbonyl (C=O) groups is 1. The zero-order chi connectivity index (χ0) is 43.6. The number of nitrogens with zero attached hydrogens (tertiary/aromatic N) is 1. The number of aliphatic hydroxyl groups excluding tert-OH is 1. The molecule has 0 aliphatic heterocycles. The van der Waals surface area contributed by atoms with Crippen LogP contribution in [0.1, 0.15) is 213 Å². The summed E-state index contributed by atoms with van der Waals surface area (Å²) in [6.45, 7) is 4.74. The predicted molar refractivity (Wildman–Crippen MR) is 254 cm³/mol. The van der Waals surface area contributed by atoms with Gasteiger partial charge in [-0.2, -0.15) is 0 Å². The van der Waals surface area contributed by atoms with Crippen LogP contribution in [-0.4, -0.2) is 73.4 Å². The molecule has 0 aromatic rings. The number of hydrogen-bond acceptors (Lipinski definition) is 5. The van der Waals surface area contributed by atoms with Crippen molar-refractivity contribution >= 4 is 13.7 Å². The highest BCUT2D eigenvalue weighted by atomic mass is 31.2. The van der Waals surface area contributed by atoms with Crippen LogP contribution in [0.15, 0.2) is 48.6 Å². The predicted octanol–water partition coefficient (Wildman–Crippen LogP) is 14.0. The standard InChI is InChI=1S/C50H95N2O6P/c1-6-8-10-12-14-16-18-20-21-22-23-24-25-26-27-28-29-30-32-33-35-37-39-41-43-49(53)48(47-58-59(55,56)57-46-45-52(3,4)5)51-50(54)44-42-40-38-36-34-31-19-17-15-13-11-9-7-2/h31,33-35,38,40-41,43,48-49,53H,6-30,32,36-37,39,42,44-47H2,1-5H3,(H-,51,54,55,56)/p+1/b34-31-,35-33+,40-38-,43-41+. The fourth-order valence-electron chi connectivity index (χ4n) is 6.87. The molecular formula is C50H96N2O6P+. The molecule has 0 aliphatic rings. The van der Waals surface area contributed by atoms with Gasteiger partial charge in [0.05, 0.1) is 39.9 Å². The van der Waals surface area contributed by atoms with Crippen molar-refractivity contribution in [2.24, 2.45) is 0 Å². The summed E-state index contributed by atoms with van der Waals surface area (Å²) >= 11 is 0. The van der Waals surface area contributed by atoms with Gasteiger partial charge < -0.3 is 19.8 Å². The van der Waals surface area contributed by atoms with Gasteiger partial charge in [0.2, 0.25) is 5.91 Å². The van der Waals surface area contributed by atoms with Gasteiger partial charge in [0, 0.05) is 6.42 Å². The van der Waals surface area contributed by atoms with E-state index >= 15 is 0 Å². The first-order valence-electron chi connectivity index (χ1n) is 24.5. The van der Waals surface area contributed by atoms with E-state index in [2.05, 4.69) is 49.5 Å². The highest BCUT2D eigenvalue weighted by molar-refractivity contribution is 7.47. The molecule has 0 radical (unpaired) electrons. The minimum atomic E-state index is -4.36. The first-order chi connectivity index (χ1) is 28.5. The SMILES string of the molecule is CCCCCCCC/C=C\C/C=C\CCC(=O)NC(COP(=O)(O)OCC[N+](C)(C)C)C(O)/C=C/CC/C=C/CCCCCCCCCCCCCCCCCCCC. The number of nitrogens with one attached hydrogen (secondary N) is 1. The van der Waals surface area contributed by atoms with Crippen LogP contribution in [0.3, 0.4) is 0 Å². The fourth-order valence-corrected chi connectivity index (χ4v) is 7.61. The molecule has 8 nitrogen and oxygen atoms in total. The quantitative estimate of drug-likeness (QED) is 0.0244. The van der Waals surface area contributed by atoms with E-state index in [0.717, 1.165) is 32.1 Å². The number of likely N-dealkylation sites (N-methyl/N-ethyl adjacent to an activating group) is 1. The van der Waals surface area contributed by atoms with Crippen LogP contribution in [0.5, 0.6) is 0 Å². The molecule has 3 atom stereocenters. The Bertz CT molecular complexity index is 1100. The minimum Gasteiger partial charge on any atom is -0.387 e. The Morgan fingerprint density at radius 2 is 0.983 bits per heavy atom. The van der Waals surface area contributed by atoms with E-state index in [1.807, 2.05) is 33.3 Å². The molecule has 0 saturated heterocycles. The molecule has 346 valence electrons. The lowest BCUT2D eigenvalue weighted by molar-refractivity contribution is -0.870. The van der Waals surface area contributed by atoms with E-state index < -0.39 is 20.0 Å². The van der Waals surface area contributed by atoms with E-state index in [0.29, 0.717) is 17.4 Å². The largest absolute Gasteiger partial charge is 0.472 e. The number of phosphoric acid groups is 1. The van der Waals surface area contributed by atoms with Crippen molar-refractivity contribution in [1.29, 1.82) is 0 Å². The molecule has 0 fully saturated rings. The van der Waals surface area contributed by atoms with Gasteiger partial charge in [-0.15, -0.1) is 0 Å². The van der Waals surface area contributed by atoms with Crippen LogP contribution in [0.25, 0.3) is 0 Å². The molecule has 0 aromatic heterocycles. The minimum absolute atomic E-state index is 0.0460. The van der Waals surface area contributed by atoms with E-state index in [1.165, 1.54) is 154 Å². The van der Waals surface area contributed by atoms with Gasteiger partial charge >= 0.3 is 7.82 Å². The van der Waals surface area contributed by atoms with Gasteiger partial charge in [0.15, 0.2) is 0 Å². The van der Waals surface area contributed by atoms with Crippen molar-refractivity contribution in [3.8, 4) is 0 Å². The molecule has 0 aromatic carbocycles. The molecule has 59 heavy (non-hydrogen) atoms. The average molecular weight is 852 g/mol. The van der Waals surface area contributed by atoms with Crippen LogP contribution in [0, 0.1) is 0 Å². The molecule has 0 aliphatic carbocycles. The number of allylic oxidation sites excluding steroid dienone is 7. The molecule has 0 spiro atoms. The summed E-state index contributed by atoms with van der Waals surface area (Å²) in [5.74, 6) is -0.254. The second-order valence-electron chi connectivity index (χ2n) is 17.8. The van der Waals surface area contributed by atoms with Crippen LogP contribution in [-0.2, 0) is 18.4 Å². The highest BCUT2D eigenvalue weighted by Gasteiger charge is 2.27.